The summed E-state index contributed by atoms with van der Waals surface area (Å²) in [6.45, 7) is 5.16. The number of thiophene rings is 1. The SMILES string of the molecule is Cc1ccsc1CN(Cc1ccc(F)cc1F)C[C@H](C)O. The minimum absolute atomic E-state index is 0.342. The van der Waals surface area contributed by atoms with E-state index in [4.69, 9.17) is 0 Å². The maximum atomic E-state index is 13.8. The van der Waals surface area contributed by atoms with Crippen molar-refractivity contribution in [3.8, 4) is 0 Å². The van der Waals surface area contributed by atoms with Crippen LogP contribution in [0.4, 0.5) is 8.78 Å². The number of halogens is 2. The summed E-state index contributed by atoms with van der Waals surface area (Å²) in [6.07, 6.45) is -0.506. The number of aliphatic hydroxyl groups is 1. The monoisotopic (exact) mass is 311 g/mol. The van der Waals surface area contributed by atoms with Crippen LogP contribution in [-0.2, 0) is 13.1 Å². The van der Waals surface area contributed by atoms with Gasteiger partial charge in [-0.25, -0.2) is 8.78 Å². The second-order valence-electron chi connectivity index (χ2n) is 5.28. The molecule has 0 aliphatic carbocycles. The summed E-state index contributed by atoms with van der Waals surface area (Å²) in [5, 5.41) is 11.6. The van der Waals surface area contributed by atoms with Crippen LogP contribution in [0, 0.1) is 18.6 Å². The zero-order valence-electron chi connectivity index (χ0n) is 12.1. The summed E-state index contributed by atoms with van der Waals surface area (Å²) in [5.74, 6) is -1.12. The van der Waals surface area contributed by atoms with Crippen molar-refractivity contribution in [2.45, 2.75) is 33.0 Å². The van der Waals surface area contributed by atoms with Crippen LogP contribution < -0.4 is 0 Å². The summed E-state index contributed by atoms with van der Waals surface area (Å²) in [4.78, 5) is 3.16. The van der Waals surface area contributed by atoms with E-state index in [-0.39, 0.29) is 0 Å². The van der Waals surface area contributed by atoms with Crippen molar-refractivity contribution in [2.24, 2.45) is 0 Å². The van der Waals surface area contributed by atoms with Crippen molar-refractivity contribution in [3.63, 3.8) is 0 Å². The van der Waals surface area contributed by atoms with Crippen LogP contribution in [0.3, 0.4) is 0 Å². The molecule has 2 rings (SSSR count). The number of hydrogen-bond acceptors (Lipinski definition) is 3. The molecular formula is C16H19F2NOS. The first-order chi connectivity index (χ1) is 9.95. The molecule has 0 spiro atoms. The van der Waals surface area contributed by atoms with Gasteiger partial charge in [0.05, 0.1) is 6.10 Å². The molecule has 1 heterocycles. The molecule has 0 aliphatic rings. The van der Waals surface area contributed by atoms with Crippen molar-refractivity contribution in [3.05, 3.63) is 57.3 Å². The molecule has 0 unspecified atom stereocenters. The van der Waals surface area contributed by atoms with E-state index in [0.29, 0.717) is 25.2 Å². The van der Waals surface area contributed by atoms with Crippen molar-refractivity contribution in [2.75, 3.05) is 6.54 Å². The Kier molecular flexibility index (Phi) is 5.45. The molecule has 2 nitrogen and oxygen atoms in total. The molecular weight excluding hydrogens is 292 g/mol. The number of rotatable bonds is 6. The van der Waals surface area contributed by atoms with Gasteiger partial charge >= 0.3 is 0 Å². The van der Waals surface area contributed by atoms with E-state index in [2.05, 4.69) is 0 Å². The summed E-state index contributed by atoms with van der Waals surface area (Å²) < 4.78 is 26.7. The van der Waals surface area contributed by atoms with E-state index in [1.54, 1.807) is 18.3 Å². The van der Waals surface area contributed by atoms with E-state index >= 15 is 0 Å². The Morgan fingerprint density at radius 2 is 2.00 bits per heavy atom. The predicted octanol–water partition coefficient (Wildman–Crippen LogP) is 3.72. The summed E-state index contributed by atoms with van der Waals surface area (Å²) in [6, 6.07) is 5.65. The smallest absolute Gasteiger partial charge is 0.130 e. The molecule has 0 fully saturated rings. The lowest BCUT2D eigenvalue weighted by molar-refractivity contribution is 0.118. The van der Waals surface area contributed by atoms with E-state index in [1.807, 2.05) is 23.3 Å². The van der Waals surface area contributed by atoms with Crippen LogP contribution in [0.1, 0.15) is 22.9 Å². The standard InChI is InChI=1S/C16H19F2NOS/c1-11-5-6-21-16(11)10-19(8-12(2)20)9-13-3-4-14(17)7-15(13)18/h3-7,12,20H,8-10H2,1-2H3/t12-/m0/s1. The third-order valence-corrected chi connectivity index (χ3v) is 4.27. The summed E-state index contributed by atoms with van der Waals surface area (Å²) in [7, 11) is 0. The zero-order chi connectivity index (χ0) is 15.4. The molecule has 21 heavy (non-hydrogen) atoms. The molecule has 0 aliphatic heterocycles. The van der Waals surface area contributed by atoms with Crippen LogP contribution in [0.15, 0.2) is 29.6 Å². The van der Waals surface area contributed by atoms with Crippen LogP contribution in [-0.4, -0.2) is 22.7 Å². The molecule has 0 radical (unpaired) electrons. The highest BCUT2D eigenvalue weighted by atomic mass is 32.1. The molecule has 1 aromatic carbocycles. The van der Waals surface area contributed by atoms with Crippen molar-refractivity contribution in [1.29, 1.82) is 0 Å². The van der Waals surface area contributed by atoms with Crippen LogP contribution >= 0.6 is 11.3 Å². The molecule has 1 atom stereocenters. The molecule has 0 saturated heterocycles. The molecule has 0 bridgehead atoms. The third-order valence-electron chi connectivity index (χ3n) is 3.27. The van der Waals surface area contributed by atoms with Crippen molar-refractivity contribution in [1.82, 2.24) is 4.90 Å². The number of benzene rings is 1. The lowest BCUT2D eigenvalue weighted by atomic mass is 10.1. The Morgan fingerprint density at radius 3 is 2.57 bits per heavy atom. The Labute approximate surface area is 127 Å². The highest BCUT2D eigenvalue weighted by Gasteiger charge is 2.14. The first-order valence-corrected chi connectivity index (χ1v) is 7.71. The fourth-order valence-corrected chi connectivity index (χ4v) is 3.17. The van der Waals surface area contributed by atoms with Gasteiger partial charge in [-0.3, -0.25) is 4.90 Å². The first-order valence-electron chi connectivity index (χ1n) is 6.83. The molecule has 0 saturated carbocycles. The molecule has 0 amide bonds. The number of aliphatic hydroxyl groups excluding tert-OH is 1. The molecule has 114 valence electrons. The second kappa shape index (κ2) is 7.11. The minimum Gasteiger partial charge on any atom is -0.392 e. The Hall–Kier alpha value is -1.30. The van der Waals surface area contributed by atoms with E-state index in [9.17, 15) is 13.9 Å². The molecule has 1 aromatic heterocycles. The molecule has 5 heteroatoms. The fraction of sp³-hybridized carbons (Fsp3) is 0.375. The van der Waals surface area contributed by atoms with Gasteiger partial charge in [-0.05, 0) is 36.9 Å². The summed E-state index contributed by atoms with van der Waals surface area (Å²) >= 11 is 1.65. The Bertz CT molecular complexity index is 598. The maximum absolute atomic E-state index is 13.8. The van der Waals surface area contributed by atoms with Crippen LogP contribution in [0.25, 0.3) is 0 Å². The predicted molar refractivity (Wildman–Crippen MR) is 81.2 cm³/mol. The van der Waals surface area contributed by atoms with Gasteiger partial charge in [0.1, 0.15) is 11.6 Å². The van der Waals surface area contributed by atoms with Gasteiger partial charge in [-0.15, -0.1) is 11.3 Å². The number of aryl methyl sites for hydroxylation is 1. The third kappa shape index (κ3) is 4.59. The topological polar surface area (TPSA) is 23.5 Å². The average molecular weight is 311 g/mol. The number of nitrogens with zero attached hydrogens (tertiary/aromatic N) is 1. The lowest BCUT2D eigenvalue weighted by Gasteiger charge is -2.24. The molecule has 2 aromatic rings. The second-order valence-corrected chi connectivity index (χ2v) is 6.28. The first kappa shape index (κ1) is 16.1. The molecule has 1 N–H and O–H groups in total. The van der Waals surface area contributed by atoms with Crippen molar-refractivity contribution >= 4 is 11.3 Å². The highest BCUT2D eigenvalue weighted by molar-refractivity contribution is 7.10. The summed E-state index contributed by atoms with van der Waals surface area (Å²) in [5.41, 5.74) is 1.63. The van der Waals surface area contributed by atoms with Gasteiger partial charge in [0.2, 0.25) is 0 Å². The minimum atomic E-state index is -0.576. The quantitative estimate of drug-likeness (QED) is 0.879. The Morgan fingerprint density at radius 1 is 1.24 bits per heavy atom. The zero-order valence-corrected chi connectivity index (χ0v) is 13.0. The van der Waals surface area contributed by atoms with E-state index in [0.717, 1.165) is 6.07 Å². The van der Waals surface area contributed by atoms with Gasteiger partial charge in [0.25, 0.3) is 0 Å². The lowest BCUT2D eigenvalue weighted by Crippen LogP contribution is -2.30. The van der Waals surface area contributed by atoms with Crippen LogP contribution in [0.2, 0.25) is 0 Å². The number of hydrogen-bond donors (Lipinski definition) is 1. The maximum Gasteiger partial charge on any atom is 0.130 e. The van der Waals surface area contributed by atoms with Gasteiger partial charge < -0.3 is 5.11 Å². The fourth-order valence-electron chi connectivity index (χ4n) is 2.22. The van der Waals surface area contributed by atoms with Gasteiger partial charge in [-0.2, -0.15) is 0 Å². The normalized spacial score (nSPS) is 12.9. The van der Waals surface area contributed by atoms with E-state index < -0.39 is 17.7 Å². The van der Waals surface area contributed by atoms with Gasteiger partial charge in [0.15, 0.2) is 0 Å². The largest absolute Gasteiger partial charge is 0.392 e. The van der Waals surface area contributed by atoms with E-state index in [1.165, 1.54) is 22.6 Å². The van der Waals surface area contributed by atoms with Crippen molar-refractivity contribution < 1.29 is 13.9 Å². The van der Waals surface area contributed by atoms with Gasteiger partial charge in [-0.1, -0.05) is 6.07 Å². The van der Waals surface area contributed by atoms with Gasteiger partial charge in [0, 0.05) is 36.1 Å². The Balaban J connectivity index is 2.14. The average Bonchev–Trinajstić information content (AvgIpc) is 2.78. The highest BCUT2D eigenvalue weighted by Crippen LogP contribution is 2.20. The van der Waals surface area contributed by atoms with Crippen LogP contribution in [0.5, 0.6) is 0 Å².